The van der Waals surface area contributed by atoms with Gasteiger partial charge < -0.3 is 14.2 Å². The highest BCUT2D eigenvalue weighted by Crippen LogP contribution is 2.15. The molecule has 374 valence electrons. The minimum absolute atomic E-state index is 0.0997. The lowest BCUT2D eigenvalue weighted by molar-refractivity contribution is -0.166. The van der Waals surface area contributed by atoms with E-state index in [2.05, 4.69) is 87.6 Å². The van der Waals surface area contributed by atoms with Crippen molar-refractivity contribution in [1.29, 1.82) is 0 Å². The molecule has 1 unspecified atom stereocenters. The first-order valence-electron chi connectivity index (χ1n) is 27.4. The van der Waals surface area contributed by atoms with E-state index in [-0.39, 0.29) is 37.5 Å². The predicted molar refractivity (Wildman–Crippen MR) is 279 cm³/mol. The van der Waals surface area contributed by atoms with Crippen molar-refractivity contribution in [3.8, 4) is 0 Å². The van der Waals surface area contributed by atoms with Gasteiger partial charge in [-0.25, -0.2) is 0 Å². The summed E-state index contributed by atoms with van der Waals surface area (Å²) in [6.07, 6.45) is 67.6. The van der Waals surface area contributed by atoms with Crippen LogP contribution in [-0.4, -0.2) is 37.2 Å². The summed E-state index contributed by atoms with van der Waals surface area (Å²) in [7, 11) is 0. The van der Waals surface area contributed by atoms with Gasteiger partial charge >= 0.3 is 17.9 Å². The minimum Gasteiger partial charge on any atom is -0.462 e. The number of hydrogen-bond acceptors (Lipinski definition) is 6. The van der Waals surface area contributed by atoms with Gasteiger partial charge in [0, 0.05) is 19.3 Å². The van der Waals surface area contributed by atoms with E-state index in [0.717, 1.165) is 77.0 Å². The largest absolute Gasteiger partial charge is 0.462 e. The Bertz CT molecular complexity index is 1230. The zero-order chi connectivity index (χ0) is 47.2. The molecule has 0 bridgehead atoms. The Morgan fingerprint density at radius 3 is 1.05 bits per heavy atom. The number of carbonyl (C=O) groups is 3. The second kappa shape index (κ2) is 53.5. The van der Waals surface area contributed by atoms with Crippen LogP contribution in [0.25, 0.3) is 0 Å². The summed E-state index contributed by atoms with van der Waals surface area (Å²) in [4.78, 5) is 38.0. The van der Waals surface area contributed by atoms with Crippen molar-refractivity contribution in [3.05, 3.63) is 72.9 Å². The summed E-state index contributed by atoms with van der Waals surface area (Å²) in [5.74, 6) is -0.984. The van der Waals surface area contributed by atoms with Crippen LogP contribution in [-0.2, 0) is 28.6 Å². The lowest BCUT2D eigenvalue weighted by atomic mass is 10.0. The van der Waals surface area contributed by atoms with Crippen LogP contribution in [0, 0.1) is 0 Å². The topological polar surface area (TPSA) is 78.9 Å². The van der Waals surface area contributed by atoms with Crippen molar-refractivity contribution in [2.75, 3.05) is 13.2 Å². The van der Waals surface area contributed by atoms with E-state index in [1.807, 2.05) is 6.08 Å². The monoisotopic (exact) mass is 907 g/mol. The molecule has 0 heterocycles. The average Bonchev–Trinajstić information content (AvgIpc) is 3.30. The minimum atomic E-state index is -0.805. The number of hydrogen-bond donors (Lipinski definition) is 0. The molecule has 0 radical (unpaired) electrons. The Balaban J connectivity index is 4.43. The SMILES string of the molecule is CC/C=C\C/C=C\C/C=C\C/C=C\CCC(=O)OCC(COC(=O)CCCCCCCCC/C=C\C/C=C\CCCCCC)OC(=O)CCCCCCCCCCCCCCCCCC. The smallest absolute Gasteiger partial charge is 0.306 e. The maximum atomic E-state index is 12.8. The van der Waals surface area contributed by atoms with Crippen LogP contribution in [0.1, 0.15) is 265 Å². The molecule has 0 aromatic rings. The zero-order valence-electron chi connectivity index (χ0n) is 42.7. The van der Waals surface area contributed by atoms with Gasteiger partial charge in [-0.1, -0.05) is 241 Å². The Morgan fingerprint density at radius 1 is 0.323 bits per heavy atom. The third kappa shape index (κ3) is 51.7. The molecule has 0 aliphatic heterocycles. The highest BCUT2D eigenvalue weighted by molar-refractivity contribution is 5.71. The third-order valence-corrected chi connectivity index (χ3v) is 11.7. The Kier molecular flexibility index (Phi) is 50.9. The number of carbonyl (C=O) groups excluding carboxylic acids is 3. The molecule has 0 N–H and O–H groups in total. The molecule has 0 saturated heterocycles. The molecule has 0 fully saturated rings. The van der Waals surface area contributed by atoms with Gasteiger partial charge in [-0.2, -0.15) is 0 Å². The van der Waals surface area contributed by atoms with Crippen LogP contribution in [0.3, 0.4) is 0 Å². The van der Waals surface area contributed by atoms with Gasteiger partial charge in [0.2, 0.25) is 0 Å². The summed E-state index contributed by atoms with van der Waals surface area (Å²) in [5, 5.41) is 0. The van der Waals surface area contributed by atoms with Crippen LogP contribution >= 0.6 is 0 Å². The molecule has 6 heteroatoms. The Labute approximate surface area is 402 Å². The van der Waals surface area contributed by atoms with E-state index >= 15 is 0 Å². The Morgan fingerprint density at radius 2 is 0.631 bits per heavy atom. The van der Waals surface area contributed by atoms with Crippen LogP contribution in [0.5, 0.6) is 0 Å². The highest BCUT2D eigenvalue weighted by atomic mass is 16.6. The lowest BCUT2D eigenvalue weighted by Crippen LogP contribution is -2.30. The summed E-state index contributed by atoms with van der Waals surface area (Å²) >= 11 is 0. The van der Waals surface area contributed by atoms with Crippen LogP contribution in [0.2, 0.25) is 0 Å². The van der Waals surface area contributed by atoms with Gasteiger partial charge in [-0.3, -0.25) is 14.4 Å². The number of ether oxygens (including phenoxy) is 3. The molecule has 0 aliphatic carbocycles. The molecule has 1 atom stereocenters. The number of allylic oxidation sites excluding steroid dienone is 12. The van der Waals surface area contributed by atoms with E-state index < -0.39 is 6.10 Å². The lowest BCUT2D eigenvalue weighted by Gasteiger charge is -2.18. The van der Waals surface area contributed by atoms with Gasteiger partial charge in [0.15, 0.2) is 6.10 Å². The van der Waals surface area contributed by atoms with Crippen molar-refractivity contribution < 1.29 is 28.6 Å². The molecule has 0 aromatic heterocycles. The molecular formula is C59H102O6. The van der Waals surface area contributed by atoms with Gasteiger partial charge in [0.1, 0.15) is 13.2 Å². The maximum absolute atomic E-state index is 12.8. The van der Waals surface area contributed by atoms with Crippen molar-refractivity contribution in [2.24, 2.45) is 0 Å². The highest BCUT2D eigenvalue weighted by Gasteiger charge is 2.19. The first-order valence-corrected chi connectivity index (χ1v) is 27.4. The third-order valence-electron chi connectivity index (χ3n) is 11.7. The van der Waals surface area contributed by atoms with E-state index in [4.69, 9.17) is 14.2 Å². The summed E-state index contributed by atoms with van der Waals surface area (Å²) in [6.45, 7) is 6.45. The van der Waals surface area contributed by atoms with Crippen LogP contribution in [0.15, 0.2) is 72.9 Å². The number of unbranched alkanes of at least 4 members (excludes halogenated alkanes) is 26. The quantitative estimate of drug-likeness (QED) is 0.0262. The van der Waals surface area contributed by atoms with Gasteiger partial charge in [-0.15, -0.1) is 0 Å². The summed E-state index contributed by atoms with van der Waals surface area (Å²) in [6, 6.07) is 0. The van der Waals surface area contributed by atoms with E-state index in [1.165, 1.54) is 141 Å². The number of rotatable bonds is 49. The molecule has 0 aliphatic rings. The zero-order valence-corrected chi connectivity index (χ0v) is 42.7. The first-order chi connectivity index (χ1) is 32.0. The van der Waals surface area contributed by atoms with Crippen molar-refractivity contribution in [1.82, 2.24) is 0 Å². The summed E-state index contributed by atoms with van der Waals surface area (Å²) < 4.78 is 16.8. The molecule has 0 aromatic carbocycles. The fourth-order valence-electron chi connectivity index (χ4n) is 7.60. The molecule has 0 spiro atoms. The van der Waals surface area contributed by atoms with E-state index in [9.17, 15) is 14.4 Å². The van der Waals surface area contributed by atoms with Crippen molar-refractivity contribution in [3.63, 3.8) is 0 Å². The van der Waals surface area contributed by atoms with Gasteiger partial charge in [-0.05, 0) is 77.0 Å². The molecular weight excluding hydrogens is 805 g/mol. The summed E-state index contributed by atoms with van der Waals surface area (Å²) in [5.41, 5.74) is 0. The Hall–Kier alpha value is -3.15. The van der Waals surface area contributed by atoms with E-state index in [1.54, 1.807) is 0 Å². The average molecular weight is 907 g/mol. The molecule has 6 nitrogen and oxygen atoms in total. The predicted octanol–water partition coefficient (Wildman–Crippen LogP) is 18.2. The standard InChI is InChI=1S/C59H102O6/c1-4-7-10-13-16-19-22-25-27-29-30-32-34-37-40-43-46-49-52-58(61)64-55-56(54-63-57(60)51-48-45-42-39-36-33-24-21-18-15-12-9-6-3)65-59(62)53-50-47-44-41-38-35-31-28-26-23-20-17-14-11-8-5-2/h9,12,18-19,21-22,27,29,33,36,42,45,56H,4-8,10-11,13-17,20,23-26,28,30-32,34-35,37-41,43-44,46-55H2,1-3H3/b12-9-,21-18-,22-19-,29-27-,36-33-,45-42-. The molecule has 0 saturated carbocycles. The number of esters is 3. The fourth-order valence-corrected chi connectivity index (χ4v) is 7.60. The second-order valence-corrected chi connectivity index (χ2v) is 18.1. The van der Waals surface area contributed by atoms with Crippen molar-refractivity contribution in [2.45, 2.75) is 271 Å². The molecule has 0 rings (SSSR count). The van der Waals surface area contributed by atoms with Crippen molar-refractivity contribution >= 4 is 17.9 Å². The molecule has 65 heavy (non-hydrogen) atoms. The van der Waals surface area contributed by atoms with E-state index in [0.29, 0.717) is 19.3 Å². The van der Waals surface area contributed by atoms with Crippen LogP contribution in [0.4, 0.5) is 0 Å². The second-order valence-electron chi connectivity index (χ2n) is 18.1. The molecule has 0 amide bonds. The van der Waals surface area contributed by atoms with Gasteiger partial charge in [0.05, 0.1) is 0 Å². The normalized spacial score (nSPS) is 12.6. The maximum Gasteiger partial charge on any atom is 0.306 e. The fraction of sp³-hybridized carbons (Fsp3) is 0.746. The van der Waals surface area contributed by atoms with Crippen LogP contribution < -0.4 is 0 Å². The first kappa shape index (κ1) is 61.9. The van der Waals surface area contributed by atoms with Gasteiger partial charge in [0.25, 0.3) is 0 Å².